The number of pyridine rings is 1. The Hall–Kier alpha value is -3.28. The van der Waals surface area contributed by atoms with E-state index in [1.54, 1.807) is 25.4 Å². The molecule has 8 heteroatoms. The third-order valence-corrected chi connectivity index (χ3v) is 7.28. The van der Waals surface area contributed by atoms with E-state index in [1.165, 1.54) is 6.07 Å². The lowest BCUT2D eigenvalue weighted by molar-refractivity contribution is -0.139. The minimum atomic E-state index is -0.833. The molecule has 0 bridgehead atoms. The molecular weight excluding hydrogens is 467 g/mol. The Kier molecular flexibility index (Phi) is 8.11. The first-order valence-electron chi connectivity index (χ1n) is 11.6. The summed E-state index contributed by atoms with van der Waals surface area (Å²) in [5.74, 6) is 6.00. The number of ether oxygens (including phenoxy) is 1. The molecule has 0 unspecified atom stereocenters. The van der Waals surface area contributed by atoms with Crippen LogP contribution in [0.2, 0.25) is 0 Å². The highest BCUT2D eigenvalue weighted by atomic mass is 32.1. The average molecular weight is 495 g/mol. The molecule has 2 aromatic heterocycles. The minimum Gasteiger partial charge on any atom is -0.497 e. The number of rotatable bonds is 8. The van der Waals surface area contributed by atoms with Crippen LogP contribution in [0.3, 0.4) is 0 Å². The van der Waals surface area contributed by atoms with Gasteiger partial charge in [0.05, 0.1) is 24.0 Å². The van der Waals surface area contributed by atoms with Gasteiger partial charge in [-0.3, -0.25) is 19.5 Å². The number of carbonyl (C=O) groups is 2. The Morgan fingerprint density at radius 3 is 2.86 bits per heavy atom. The maximum Gasteiger partial charge on any atom is 0.303 e. The van der Waals surface area contributed by atoms with E-state index < -0.39 is 5.97 Å². The number of methoxy groups -OCH3 is 1. The number of carboxylic acids is 1. The molecule has 0 aliphatic carbocycles. The SMILES string of the molecule is COc1ccc2nccc(C(=O)CC[C@@H]3CCN(CC#Cc4ccc(F)s4)C[C@H]3CC(=O)O)c2c1. The predicted octanol–water partition coefficient (Wildman–Crippen LogP) is 4.87. The molecule has 6 nitrogen and oxygen atoms in total. The summed E-state index contributed by atoms with van der Waals surface area (Å²) in [6.07, 6.45) is 3.50. The first-order valence-corrected chi connectivity index (χ1v) is 12.4. The van der Waals surface area contributed by atoms with Crippen LogP contribution in [0.4, 0.5) is 4.39 Å². The van der Waals surface area contributed by atoms with Crippen LogP contribution in [0.1, 0.15) is 40.9 Å². The molecule has 1 fully saturated rings. The maximum atomic E-state index is 13.1. The van der Waals surface area contributed by atoms with E-state index in [1.807, 2.05) is 18.2 Å². The van der Waals surface area contributed by atoms with Crippen LogP contribution in [-0.2, 0) is 4.79 Å². The number of ketones is 1. The van der Waals surface area contributed by atoms with Crippen molar-refractivity contribution in [1.82, 2.24) is 9.88 Å². The van der Waals surface area contributed by atoms with Gasteiger partial charge in [-0.1, -0.05) is 23.2 Å². The number of hydrogen-bond donors (Lipinski definition) is 1. The van der Waals surface area contributed by atoms with Crippen molar-refractivity contribution < 1.29 is 23.8 Å². The van der Waals surface area contributed by atoms with Crippen LogP contribution in [0.5, 0.6) is 5.75 Å². The Balaban J connectivity index is 1.39. The summed E-state index contributed by atoms with van der Waals surface area (Å²) >= 11 is 1.01. The average Bonchev–Trinajstić information content (AvgIpc) is 3.27. The number of fused-ring (bicyclic) bond motifs is 1. The van der Waals surface area contributed by atoms with Gasteiger partial charge >= 0.3 is 5.97 Å². The second-order valence-electron chi connectivity index (χ2n) is 8.75. The Bertz CT molecular complexity index is 1280. The van der Waals surface area contributed by atoms with Gasteiger partial charge < -0.3 is 9.84 Å². The van der Waals surface area contributed by atoms with Gasteiger partial charge in [-0.15, -0.1) is 0 Å². The van der Waals surface area contributed by atoms with Crippen LogP contribution in [-0.4, -0.2) is 53.5 Å². The van der Waals surface area contributed by atoms with E-state index in [0.717, 1.165) is 35.2 Å². The van der Waals surface area contributed by atoms with Gasteiger partial charge in [0, 0.05) is 36.5 Å². The van der Waals surface area contributed by atoms with Gasteiger partial charge in [0.1, 0.15) is 5.75 Å². The van der Waals surface area contributed by atoms with Gasteiger partial charge in [0.2, 0.25) is 0 Å². The van der Waals surface area contributed by atoms with E-state index in [9.17, 15) is 19.1 Å². The van der Waals surface area contributed by atoms with E-state index in [0.29, 0.717) is 42.1 Å². The standard InChI is InChI=1S/C27H27FN2O4S/c1-34-20-5-7-24-23(16-20)22(10-12-29-24)25(31)8-4-18-11-14-30(17-19(18)15-27(32)33)13-2-3-21-6-9-26(28)35-21/h5-7,9-10,12,16,18-19H,4,8,11,13-15,17H2,1H3,(H,32,33)/t18-,19-/m1/s1. The summed E-state index contributed by atoms with van der Waals surface area (Å²) in [4.78, 5) is 31.8. The molecule has 1 aliphatic rings. The first kappa shape index (κ1) is 24.8. The molecule has 0 amide bonds. The number of benzene rings is 1. The van der Waals surface area contributed by atoms with Crippen molar-refractivity contribution in [2.24, 2.45) is 11.8 Å². The Morgan fingerprint density at radius 1 is 1.26 bits per heavy atom. The van der Waals surface area contributed by atoms with Crippen molar-refractivity contribution in [2.75, 3.05) is 26.7 Å². The number of carboxylic acid groups (broad SMARTS) is 1. The summed E-state index contributed by atoms with van der Waals surface area (Å²) < 4.78 is 18.4. The Labute approximate surface area is 207 Å². The van der Waals surface area contributed by atoms with Crippen LogP contribution in [0.15, 0.2) is 42.6 Å². The third kappa shape index (κ3) is 6.44. The normalized spacial score (nSPS) is 18.1. The molecule has 1 aromatic carbocycles. The van der Waals surface area contributed by atoms with E-state index in [2.05, 4.69) is 21.7 Å². The second-order valence-corrected chi connectivity index (χ2v) is 9.78. The number of likely N-dealkylation sites (tertiary alicyclic amines) is 1. The first-order chi connectivity index (χ1) is 16.9. The number of nitrogens with zero attached hydrogens (tertiary/aromatic N) is 2. The van der Waals surface area contributed by atoms with Crippen LogP contribution in [0, 0.1) is 28.8 Å². The quantitative estimate of drug-likeness (QED) is 0.356. The fourth-order valence-corrected chi connectivity index (χ4v) is 5.31. The zero-order valence-corrected chi connectivity index (χ0v) is 20.3. The van der Waals surface area contributed by atoms with Crippen molar-refractivity contribution in [1.29, 1.82) is 0 Å². The molecule has 1 N–H and O–H groups in total. The van der Waals surface area contributed by atoms with Crippen molar-refractivity contribution in [3.63, 3.8) is 0 Å². The molecule has 1 aliphatic heterocycles. The molecule has 35 heavy (non-hydrogen) atoms. The van der Waals surface area contributed by atoms with Gasteiger partial charge in [-0.05, 0) is 67.6 Å². The highest BCUT2D eigenvalue weighted by Gasteiger charge is 2.31. The fraction of sp³-hybridized carbons (Fsp3) is 0.370. The smallest absolute Gasteiger partial charge is 0.303 e. The Morgan fingerprint density at radius 2 is 2.11 bits per heavy atom. The molecule has 4 rings (SSSR count). The van der Waals surface area contributed by atoms with Gasteiger partial charge in [0.15, 0.2) is 10.9 Å². The number of hydrogen-bond acceptors (Lipinski definition) is 6. The zero-order valence-electron chi connectivity index (χ0n) is 19.5. The lowest BCUT2D eigenvalue weighted by atomic mass is 9.79. The van der Waals surface area contributed by atoms with Gasteiger partial charge in [-0.2, -0.15) is 4.39 Å². The number of carbonyl (C=O) groups excluding carboxylic acids is 1. The summed E-state index contributed by atoms with van der Waals surface area (Å²) in [7, 11) is 1.58. The summed E-state index contributed by atoms with van der Waals surface area (Å²) in [5, 5.41) is 9.96. The molecule has 3 heterocycles. The van der Waals surface area contributed by atoms with Crippen molar-refractivity contribution >= 4 is 34.0 Å². The molecule has 0 radical (unpaired) electrons. The van der Waals surface area contributed by atoms with Gasteiger partial charge in [0.25, 0.3) is 0 Å². The monoisotopic (exact) mass is 494 g/mol. The molecule has 0 saturated carbocycles. The third-order valence-electron chi connectivity index (χ3n) is 6.49. The largest absolute Gasteiger partial charge is 0.497 e. The van der Waals surface area contributed by atoms with Gasteiger partial charge in [-0.25, -0.2) is 0 Å². The highest BCUT2D eigenvalue weighted by Crippen LogP contribution is 2.31. The van der Waals surface area contributed by atoms with Crippen molar-refractivity contribution in [3.8, 4) is 17.6 Å². The lowest BCUT2D eigenvalue weighted by Gasteiger charge is -2.37. The number of halogens is 1. The fourth-order valence-electron chi connectivity index (χ4n) is 4.70. The van der Waals surface area contributed by atoms with Crippen molar-refractivity contribution in [3.05, 3.63) is 58.2 Å². The predicted molar refractivity (Wildman–Crippen MR) is 133 cm³/mol. The number of thiophene rings is 1. The molecule has 3 aromatic rings. The zero-order chi connectivity index (χ0) is 24.8. The summed E-state index contributed by atoms with van der Waals surface area (Å²) in [6, 6.07) is 10.3. The number of aliphatic carboxylic acids is 1. The number of piperidine rings is 1. The van der Waals surface area contributed by atoms with E-state index in [4.69, 9.17) is 4.74 Å². The lowest BCUT2D eigenvalue weighted by Crippen LogP contribution is -2.41. The van der Waals surface area contributed by atoms with Crippen molar-refractivity contribution in [2.45, 2.75) is 25.7 Å². The maximum absolute atomic E-state index is 13.1. The molecular formula is C27H27FN2O4S. The second kappa shape index (κ2) is 11.4. The van der Waals surface area contributed by atoms with E-state index >= 15 is 0 Å². The highest BCUT2D eigenvalue weighted by molar-refractivity contribution is 7.10. The summed E-state index contributed by atoms with van der Waals surface area (Å²) in [5.41, 5.74) is 1.35. The van der Waals surface area contributed by atoms with Crippen LogP contribution in [0.25, 0.3) is 10.9 Å². The molecule has 182 valence electrons. The van der Waals surface area contributed by atoms with E-state index in [-0.39, 0.29) is 29.2 Å². The number of Topliss-reactive ketones (excluding diaryl/α,β-unsaturated/α-hetero) is 1. The minimum absolute atomic E-state index is 0.0243. The molecule has 2 atom stereocenters. The molecule has 0 spiro atoms. The summed E-state index contributed by atoms with van der Waals surface area (Å²) in [6.45, 7) is 1.91. The van der Waals surface area contributed by atoms with Crippen LogP contribution >= 0.6 is 11.3 Å². The number of aromatic nitrogens is 1. The van der Waals surface area contributed by atoms with Crippen LogP contribution < -0.4 is 4.74 Å². The topological polar surface area (TPSA) is 79.7 Å². The molecule has 1 saturated heterocycles.